The second-order valence-corrected chi connectivity index (χ2v) is 9.01. The van der Waals surface area contributed by atoms with Gasteiger partial charge in [0.15, 0.2) is 0 Å². The minimum Gasteiger partial charge on any atom is -0.466 e. The van der Waals surface area contributed by atoms with Gasteiger partial charge in [0.05, 0.1) is 34.1 Å². The van der Waals surface area contributed by atoms with Crippen LogP contribution in [0.1, 0.15) is 31.9 Å². The minimum absolute atomic E-state index is 0.00124. The molecule has 1 aliphatic rings. The van der Waals surface area contributed by atoms with Crippen LogP contribution in [-0.4, -0.2) is 26.2 Å². The van der Waals surface area contributed by atoms with Crippen molar-refractivity contribution >= 4 is 43.8 Å². The lowest BCUT2D eigenvalue weighted by atomic mass is 10.1. The van der Waals surface area contributed by atoms with E-state index in [0.717, 1.165) is 0 Å². The summed E-state index contributed by atoms with van der Waals surface area (Å²) in [6.45, 7) is 4.83. The number of ether oxygens (including phenoxy) is 3. The van der Waals surface area contributed by atoms with Crippen LogP contribution in [0.2, 0.25) is 0 Å². The van der Waals surface area contributed by atoms with Gasteiger partial charge in [-0.25, -0.2) is 13.6 Å². The third-order valence-corrected chi connectivity index (χ3v) is 6.85. The van der Waals surface area contributed by atoms with Gasteiger partial charge in [-0.15, -0.1) is 0 Å². The number of methoxy groups -OCH3 is 2. The van der Waals surface area contributed by atoms with Gasteiger partial charge >= 0.3 is 11.9 Å². The van der Waals surface area contributed by atoms with Gasteiger partial charge in [0.25, 0.3) is 0 Å². The highest BCUT2D eigenvalue weighted by atomic mass is 79.9. The molecular weight excluding hydrogens is 518 g/mol. The average Bonchev–Trinajstić information content (AvgIpc) is 3.22. The summed E-state index contributed by atoms with van der Waals surface area (Å²) in [4.78, 5) is 24.2. The van der Waals surface area contributed by atoms with Crippen molar-refractivity contribution < 1.29 is 32.6 Å². The number of halogens is 4. The van der Waals surface area contributed by atoms with Gasteiger partial charge in [-0.05, 0) is 50.1 Å². The molecule has 0 heterocycles. The van der Waals surface area contributed by atoms with Crippen LogP contribution in [0.25, 0.3) is 0 Å². The van der Waals surface area contributed by atoms with Gasteiger partial charge in [-0.3, -0.25) is 4.79 Å². The third-order valence-electron chi connectivity index (χ3n) is 5.19. The number of rotatable bonds is 7. The molecule has 2 atom stereocenters. The Labute approximate surface area is 185 Å². The molecule has 1 aromatic carbocycles. The first-order chi connectivity index (χ1) is 13.5. The number of carbonyl (C=O) groups is 2. The Morgan fingerprint density at radius 1 is 1.07 bits per heavy atom. The summed E-state index contributed by atoms with van der Waals surface area (Å²) in [6.07, 6.45) is 1.70. The molecule has 0 aliphatic heterocycles. The van der Waals surface area contributed by atoms with Crippen LogP contribution in [0, 0.1) is 28.9 Å². The summed E-state index contributed by atoms with van der Waals surface area (Å²) in [5, 5.41) is 0. The molecule has 5 nitrogen and oxygen atoms in total. The van der Waals surface area contributed by atoms with E-state index in [1.54, 1.807) is 13.0 Å². The zero-order chi connectivity index (χ0) is 22.1. The number of benzene rings is 1. The fraction of sp³-hybridized carbons (Fsp3) is 0.500. The van der Waals surface area contributed by atoms with Gasteiger partial charge in [0.1, 0.15) is 18.2 Å². The van der Waals surface area contributed by atoms with Crippen molar-refractivity contribution in [1.29, 1.82) is 0 Å². The first-order valence-electron chi connectivity index (χ1n) is 8.74. The van der Waals surface area contributed by atoms with Crippen LogP contribution >= 0.6 is 31.9 Å². The molecule has 29 heavy (non-hydrogen) atoms. The van der Waals surface area contributed by atoms with Crippen LogP contribution in [0.5, 0.6) is 0 Å². The maximum Gasteiger partial charge on any atom is 0.333 e. The highest BCUT2D eigenvalue weighted by molar-refractivity contribution is 9.11. The summed E-state index contributed by atoms with van der Waals surface area (Å²) in [5.74, 6) is -3.25. The molecule has 1 aromatic rings. The molecule has 0 bridgehead atoms. The second-order valence-electron chi connectivity index (χ2n) is 7.42. The Kier molecular flexibility index (Phi) is 7.62. The Bertz CT molecular complexity index is 838. The van der Waals surface area contributed by atoms with Crippen LogP contribution < -0.4 is 0 Å². The highest BCUT2D eigenvalue weighted by Crippen LogP contribution is 2.60. The SMILES string of the molecule is COCc1c(F)c(Br)c(COC(=O)[C@@H]2[C@@H](/C=C(\C)C(=O)OC)C2(C)C)c(Br)c1F. The molecule has 0 amide bonds. The fourth-order valence-corrected chi connectivity index (χ4v) is 4.66. The van der Waals surface area contributed by atoms with E-state index < -0.39 is 34.9 Å². The molecule has 0 unspecified atom stereocenters. The smallest absolute Gasteiger partial charge is 0.333 e. The van der Waals surface area contributed by atoms with E-state index in [-0.39, 0.29) is 39.2 Å². The molecule has 1 saturated carbocycles. The molecule has 0 aromatic heterocycles. The normalized spacial score (nSPS) is 20.4. The predicted molar refractivity (Wildman–Crippen MR) is 109 cm³/mol. The van der Waals surface area contributed by atoms with Gasteiger partial charge in [0, 0.05) is 18.2 Å². The number of allylic oxidation sites excluding steroid dienone is 1. The van der Waals surface area contributed by atoms with Crippen molar-refractivity contribution in [2.45, 2.75) is 34.0 Å². The third kappa shape index (κ3) is 4.72. The van der Waals surface area contributed by atoms with Crippen molar-refractivity contribution in [2.24, 2.45) is 17.3 Å². The first-order valence-corrected chi connectivity index (χ1v) is 10.3. The van der Waals surface area contributed by atoms with Crippen LogP contribution in [0.3, 0.4) is 0 Å². The lowest BCUT2D eigenvalue weighted by molar-refractivity contribution is -0.147. The Morgan fingerprint density at radius 3 is 2.10 bits per heavy atom. The van der Waals surface area contributed by atoms with Crippen LogP contribution in [0.15, 0.2) is 20.6 Å². The zero-order valence-electron chi connectivity index (χ0n) is 16.7. The largest absolute Gasteiger partial charge is 0.466 e. The van der Waals surface area contributed by atoms with E-state index in [4.69, 9.17) is 9.47 Å². The molecule has 0 N–H and O–H groups in total. The maximum atomic E-state index is 14.4. The number of hydrogen-bond acceptors (Lipinski definition) is 5. The summed E-state index contributed by atoms with van der Waals surface area (Å²) in [5.41, 5.74) is -0.0819. The topological polar surface area (TPSA) is 61.8 Å². The van der Waals surface area contributed by atoms with Crippen LogP contribution in [0.4, 0.5) is 8.78 Å². The van der Waals surface area contributed by atoms with E-state index in [0.29, 0.717) is 5.57 Å². The zero-order valence-corrected chi connectivity index (χ0v) is 19.9. The summed E-state index contributed by atoms with van der Waals surface area (Å²) >= 11 is 6.20. The molecule has 1 fully saturated rings. The van der Waals surface area contributed by atoms with Crippen molar-refractivity contribution in [3.8, 4) is 0 Å². The summed E-state index contributed by atoms with van der Waals surface area (Å²) in [6, 6.07) is 0. The van der Waals surface area contributed by atoms with Crippen molar-refractivity contribution in [2.75, 3.05) is 14.2 Å². The number of esters is 2. The molecule has 2 rings (SSSR count). The molecular formula is C20H22Br2F2O5. The Hall–Kier alpha value is -1.32. The fourth-order valence-electron chi connectivity index (χ4n) is 3.29. The lowest BCUT2D eigenvalue weighted by Crippen LogP contribution is -2.12. The van der Waals surface area contributed by atoms with Crippen molar-refractivity contribution in [3.05, 3.63) is 43.4 Å². The minimum atomic E-state index is -0.806. The molecule has 160 valence electrons. The second kappa shape index (κ2) is 9.22. The molecule has 9 heteroatoms. The van der Waals surface area contributed by atoms with Gasteiger partial charge in [0.2, 0.25) is 0 Å². The first kappa shape index (κ1) is 24.0. The Morgan fingerprint density at radius 2 is 1.62 bits per heavy atom. The molecule has 1 aliphatic carbocycles. The highest BCUT2D eigenvalue weighted by Gasteiger charge is 2.61. The predicted octanol–water partition coefficient (Wildman–Crippen LogP) is 5.07. The lowest BCUT2D eigenvalue weighted by Gasteiger charge is -2.14. The maximum absolute atomic E-state index is 14.4. The number of hydrogen-bond donors (Lipinski definition) is 0. The number of carbonyl (C=O) groups excluding carboxylic acids is 2. The Balaban J connectivity index is 2.17. The molecule has 0 spiro atoms. The van der Waals surface area contributed by atoms with E-state index in [9.17, 15) is 18.4 Å². The summed E-state index contributed by atoms with van der Waals surface area (Å²) < 4.78 is 43.7. The van der Waals surface area contributed by atoms with Gasteiger partial charge in [-0.2, -0.15) is 0 Å². The van der Waals surface area contributed by atoms with Gasteiger partial charge in [-0.1, -0.05) is 19.9 Å². The quantitative estimate of drug-likeness (QED) is 0.275. The standard InChI is InChI=1S/C20H22Br2F2O5/c1-9(18(25)28-5)6-12-13(20(12,2)3)19(26)29-8-10-14(21)16(23)11(7-27-4)17(24)15(10)22/h6,12-13H,7-8H2,1-5H3/b9-6+/t12-,13+/m1/s1. The average molecular weight is 540 g/mol. The summed E-state index contributed by atoms with van der Waals surface area (Å²) in [7, 11) is 2.62. The monoisotopic (exact) mass is 538 g/mol. The van der Waals surface area contributed by atoms with E-state index in [1.807, 2.05) is 13.8 Å². The van der Waals surface area contributed by atoms with E-state index in [1.165, 1.54) is 14.2 Å². The van der Waals surface area contributed by atoms with Crippen molar-refractivity contribution in [3.63, 3.8) is 0 Å². The van der Waals surface area contributed by atoms with Crippen molar-refractivity contribution in [1.82, 2.24) is 0 Å². The van der Waals surface area contributed by atoms with E-state index in [2.05, 4.69) is 36.6 Å². The van der Waals surface area contributed by atoms with E-state index >= 15 is 0 Å². The molecule has 0 radical (unpaired) electrons. The molecule has 0 saturated heterocycles. The van der Waals surface area contributed by atoms with Gasteiger partial charge < -0.3 is 14.2 Å². The van der Waals surface area contributed by atoms with Crippen LogP contribution in [-0.2, 0) is 37.0 Å².